The van der Waals surface area contributed by atoms with E-state index in [1.807, 2.05) is 13.8 Å². The Balaban J connectivity index is 1.90. The molecule has 3 heterocycles. The molecule has 10 nitrogen and oxygen atoms in total. The molecule has 0 atom stereocenters. The summed E-state index contributed by atoms with van der Waals surface area (Å²) in [5.74, 6) is 0.496. The zero-order valence-corrected chi connectivity index (χ0v) is 20.5. The summed E-state index contributed by atoms with van der Waals surface area (Å²) >= 11 is 0. The molecule has 34 heavy (non-hydrogen) atoms. The molecule has 4 rings (SSSR count). The van der Waals surface area contributed by atoms with Gasteiger partial charge >= 0.3 is 5.69 Å². The van der Waals surface area contributed by atoms with E-state index < -0.39 is 21.3 Å². The van der Waals surface area contributed by atoms with Crippen molar-refractivity contribution < 1.29 is 17.9 Å². The third-order valence-corrected chi connectivity index (χ3v) is 7.77. The number of morpholine rings is 1. The predicted molar refractivity (Wildman–Crippen MR) is 129 cm³/mol. The number of aryl methyl sites for hydroxylation is 1. The van der Waals surface area contributed by atoms with Crippen LogP contribution in [-0.4, -0.2) is 59.8 Å². The number of rotatable bonds is 8. The molecule has 1 N–H and O–H groups in total. The molecule has 1 aliphatic heterocycles. The zero-order valence-electron chi connectivity index (χ0n) is 19.7. The Labute approximate surface area is 197 Å². The van der Waals surface area contributed by atoms with Crippen LogP contribution in [0.25, 0.3) is 22.3 Å². The molecule has 0 bridgehead atoms. The number of sulfonamides is 1. The number of aromatic amines is 1. The Morgan fingerprint density at radius 1 is 1.09 bits per heavy atom. The maximum absolute atomic E-state index is 13.3. The minimum atomic E-state index is -3.74. The van der Waals surface area contributed by atoms with Crippen LogP contribution in [0.3, 0.4) is 0 Å². The summed E-state index contributed by atoms with van der Waals surface area (Å²) in [6, 6.07) is 6.39. The molecule has 0 aliphatic carbocycles. The molecule has 2 aromatic heterocycles. The van der Waals surface area contributed by atoms with Crippen molar-refractivity contribution in [3.63, 3.8) is 0 Å². The molecule has 0 unspecified atom stereocenters. The minimum Gasteiger partial charge on any atom is -0.493 e. The first kappa shape index (κ1) is 24.2. The van der Waals surface area contributed by atoms with Gasteiger partial charge in [-0.25, -0.2) is 13.2 Å². The smallest absolute Gasteiger partial charge is 0.332 e. The van der Waals surface area contributed by atoms with E-state index in [9.17, 15) is 18.0 Å². The van der Waals surface area contributed by atoms with Crippen LogP contribution in [0.4, 0.5) is 0 Å². The highest BCUT2D eigenvalue weighted by atomic mass is 32.2. The van der Waals surface area contributed by atoms with Crippen LogP contribution in [0, 0.1) is 0 Å². The van der Waals surface area contributed by atoms with E-state index in [1.54, 1.807) is 18.2 Å². The molecular formula is C23H30N4O6S. The Bertz CT molecular complexity index is 1410. The van der Waals surface area contributed by atoms with Gasteiger partial charge in [0.25, 0.3) is 5.56 Å². The lowest BCUT2D eigenvalue weighted by Gasteiger charge is -2.26. The van der Waals surface area contributed by atoms with Crippen molar-refractivity contribution in [1.82, 2.24) is 18.4 Å². The van der Waals surface area contributed by atoms with Crippen molar-refractivity contribution in [2.24, 2.45) is 7.05 Å². The van der Waals surface area contributed by atoms with E-state index >= 15 is 0 Å². The molecule has 1 saturated heterocycles. The number of aromatic nitrogens is 3. The van der Waals surface area contributed by atoms with Crippen molar-refractivity contribution >= 4 is 21.1 Å². The Kier molecular flexibility index (Phi) is 6.96. The van der Waals surface area contributed by atoms with Crippen molar-refractivity contribution in [2.75, 3.05) is 32.9 Å². The van der Waals surface area contributed by atoms with Crippen LogP contribution < -0.4 is 16.0 Å². The lowest BCUT2D eigenvalue weighted by Crippen LogP contribution is -2.40. The van der Waals surface area contributed by atoms with Gasteiger partial charge in [-0.05, 0) is 37.1 Å². The van der Waals surface area contributed by atoms with Crippen molar-refractivity contribution in [3.8, 4) is 17.0 Å². The normalized spacial score (nSPS) is 15.1. The molecule has 0 radical (unpaired) electrons. The van der Waals surface area contributed by atoms with Gasteiger partial charge in [-0.15, -0.1) is 0 Å². The number of H-pyrrole nitrogens is 1. The van der Waals surface area contributed by atoms with Crippen LogP contribution in [0.5, 0.6) is 5.75 Å². The van der Waals surface area contributed by atoms with E-state index in [2.05, 4.69) is 4.98 Å². The van der Waals surface area contributed by atoms with Gasteiger partial charge in [-0.1, -0.05) is 13.8 Å². The van der Waals surface area contributed by atoms with Gasteiger partial charge in [-0.2, -0.15) is 4.31 Å². The SMILES string of the molecule is CCCOc1ccc(S(=O)(=O)N2CCOCC2)cc1-c1cc2c(=O)n(C)c(=O)n(CCC)c2[nH]1. The molecule has 0 spiro atoms. The third-order valence-electron chi connectivity index (χ3n) is 5.88. The minimum absolute atomic E-state index is 0.130. The van der Waals surface area contributed by atoms with E-state index in [0.717, 1.165) is 11.0 Å². The first-order valence-electron chi connectivity index (χ1n) is 11.5. The maximum Gasteiger partial charge on any atom is 0.332 e. The molecule has 0 amide bonds. The van der Waals surface area contributed by atoms with E-state index in [-0.39, 0.29) is 18.0 Å². The Morgan fingerprint density at radius 2 is 1.82 bits per heavy atom. The summed E-state index contributed by atoms with van der Waals surface area (Å²) in [6.45, 7) is 6.10. The van der Waals surface area contributed by atoms with Crippen molar-refractivity contribution in [2.45, 2.75) is 38.1 Å². The molecule has 3 aromatic rings. The fourth-order valence-electron chi connectivity index (χ4n) is 4.09. The lowest BCUT2D eigenvalue weighted by molar-refractivity contribution is 0.0730. The van der Waals surface area contributed by atoms with Crippen LogP contribution in [0.15, 0.2) is 38.8 Å². The van der Waals surface area contributed by atoms with Gasteiger partial charge in [0, 0.05) is 32.2 Å². The highest BCUT2D eigenvalue weighted by Gasteiger charge is 2.28. The van der Waals surface area contributed by atoms with Crippen LogP contribution in [0.1, 0.15) is 26.7 Å². The second kappa shape index (κ2) is 9.77. The topological polar surface area (TPSA) is 116 Å². The van der Waals surface area contributed by atoms with E-state index in [1.165, 1.54) is 22.0 Å². The summed E-state index contributed by atoms with van der Waals surface area (Å²) in [5.41, 5.74) is 0.610. The van der Waals surface area contributed by atoms with Crippen LogP contribution in [0.2, 0.25) is 0 Å². The molecule has 1 fully saturated rings. The first-order valence-corrected chi connectivity index (χ1v) is 12.9. The average Bonchev–Trinajstić information content (AvgIpc) is 3.29. The van der Waals surface area contributed by atoms with Gasteiger partial charge in [-0.3, -0.25) is 13.9 Å². The average molecular weight is 491 g/mol. The summed E-state index contributed by atoms with van der Waals surface area (Å²) < 4.78 is 41.8. The van der Waals surface area contributed by atoms with Gasteiger partial charge < -0.3 is 14.5 Å². The summed E-state index contributed by atoms with van der Waals surface area (Å²) in [4.78, 5) is 28.8. The molecule has 184 valence electrons. The maximum atomic E-state index is 13.3. The molecule has 0 saturated carbocycles. The fraction of sp³-hybridized carbons (Fsp3) is 0.478. The van der Waals surface area contributed by atoms with Crippen LogP contribution >= 0.6 is 0 Å². The number of hydrogen-bond acceptors (Lipinski definition) is 6. The largest absolute Gasteiger partial charge is 0.493 e. The highest BCUT2D eigenvalue weighted by molar-refractivity contribution is 7.89. The Morgan fingerprint density at radius 3 is 2.50 bits per heavy atom. The van der Waals surface area contributed by atoms with Crippen molar-refractivity contribution in [3.05, 3.63) is 45.1 Å². The number of hydrogen-bond donors (Lipinski definition) is 1. The van der Waals surface area contributed by atoms with Crippen molar-refractivity contribution in [1.29, 1.82) is 0 Å². The monoisotopic (exact) mass is 490 g/mol. The van der Waals surface area contributed by atoms with Gasteiger partial charge in [0.05, 0.1) is 35.8 Å². The van der Waals surface area contributed by atoms with Gasteiger partial charge in [0.2, 0.25) is 10.0 Å². The van der Waals surface area contributed by atoms with E-state index in [4.69, 9.17) is 9.47 Å². The number of benzene rings is 1. The summed E-state index contributed by atoms with van der Waals surface area (Å²) in [6.07, 6.45) is 1.48. The first-order chi connectivity index (χ1) is 16.3. The Hall–Kier alpha value is -2.89. The molecule has 11 heteroatoms. The predicted octanol–water partition coefficient (Wildman–Crippen LogP) is 1.91. The highest BCUT2D eigenvalue weighted by Crippen LogP contribution is 2.34. The van der Waals surface area contributed by atoms with Gasteiger partial charge in [0.1, 0.15) is 11.4 Å². The molecular weight excluding hydrogens is 460 g/mol. The zero-order chi connectivity index (χ0) is 24.5. The van der Waals surface area contributed by atoms with Gasteiger partial charge in [0.15, 0.2) is 0 Å². The quantitative estimate of drug-likeness (QED) is 0.516. The fourth-order valence-corrected chi connectivity index (χ4v) is 5.53. The lowest BCUT2D eigenvalue weighted by atomic mass is 10.1. The molecule has 1 aromatic carbocycles. The van der Waals surface area contributed by atoms with Crippen LogP contribution in [-0.2, 0) is 28.4 Å². The summed E-state index contributed by atoms with van der Waals surface area (Å²) in [7, 11) is -2.28. The second-order valence-corrected chi connectivity index (χ2v) is 10.2. The summed E-state index contributed by atoms with van der Waals surface area (Å²) in [5, 5.41) is 0.355. The second-order valence-electron chi connectivity index (χ2n) is 8.27. The number of nitrogens with zero attached hydrogens (tertiary/aromatic N) is 3. The third kappa shape index (κ3) is 4.30. The number of nitrogens with one attached hydrogen (secondary N) is 1. The standard InChI is InChI=1S/C23H30N4O6S/c1-4-8-27-21-18(22(28)25(3)23(27)29)15-19(24-21)17-14-16(6-7-20(17)33-11-5-2)34(30,31)26-9-12-32-13-10-26/h6-7,14-15,24H,4-5,8-13H2,1-3H3. The number of ether oxygens (including phenoxy) is 2. The molecule has 1 aliphatic rings. The number of fused-ring (bicyclic) bond motifs is 1. The van der Waals surface area contributed by atoms with E-state index in [0.29, 0.717) is 60.8 Å².